The molecular weight excluding hydrogens is 429 g/mol. The number of carbonyl (C=O) groups is 1. The van der Waals surface area contributed by atoms with E-state index in [0.29, 0.717) is 23.8 Å². The van der Waals surface area contributed by atoms with Gasteiger partial charge >= 0.3 is 0 Å². The summed E-state index contributed by atoms with van der Waals surface area (Å²) in [5, 5.41) is 3.11. The summed E-state index contributed by atoms with van der Waals surface area (Å²) < 4.78 is 27.1. The lowest BCUT2D eigenvalue weighted by Crippen LogP contribution is -2.71. The first kappa shape index (κ1) is 20.9. The van der Waals surface area contributed by atoms with Crippen molar-refractivity contribution in [3.8, 4) is 0 Å². The molecule has 3 heterocycles. The van der Waals surface area contributed by atoms with E-state index in [1.54, 1.807) is 13.0 Å². The average molecular weight is 450 g/mol. The summed E-state index contributed by atoms with van der Waals surface area (Å²) in [5.74, 6) is -0.530. The highest BCUT2D eigenvalue weighted by Gasteiger charge is 2.55. The molecule has 1 fully saturated rings. The maximum atomic E-state index is 14.8. The van der Waals surface area contributed by atoms with Gasteiger partial charge in [-0.3, -0.25) is 14.0 Å². The highest BCUT2D eigenvalue weighted by molar-refractivity contribution is 7.87. The van der Waals surface area contributed by atoms with Gasteiger partial charge in [-0.2, -0.15) is 0 Å². The predicted octanol–water partition coefficient (Wildman–Crippen LogP) is 2.15. The predicted molar refractivity (Wildman–Crippen MR) is 116 cm³/mol. The molecule has 2 atom stereocenters. The number of amides is 1. The Bertz CT molecular complexity index is 1070. The van der Waals surface area contributed by atoms with E-state index in [-0.39, 0.29) is 22.8 Å². The summed E-state index contributed by atoms with van der Waals surface area (Å²) in [5.41, 5.74) is 5.89. The van der Waals surface area contributed by atoms with Crippen molar-refractivity contribution in [1.82, 2.24) is 9.88 Å². The van der Waals surface area contributed by atoms with Crippen LogP contribution in [0.3, 0.4) is 0 Å². The molecule has 10 heteroatoms. The number of nitrogens with one attached hydrogen (secondary N) is 1. The molecule has 1 unspecified atom stereocenters. The van der Waals surface area contributed by atoms with Gasteiger partial charge in [0.15, 0.2) is 0 Å². The molecule has 1 aromatic heterocycles. The topological polar surface area (TPSA) is 101 Å². The third-order valence-corrected chi connectivity index (χ3v) is 7.88. The zero-order chi connectivity index (χ0) is 21.7. The molecule has 1 aromatic carbocycles. The van der Waals surface area contributed by atoms with Crippen LogP contribution in [0.25, 0.3) is 0 Å². The van der Waals surface area contributed by atoms with E-state index in [1.165, 1.54) is 30.5 Å². The second-order valence-corrected chi connectivity index (χ2v) is 10.1. The van der Waals surface area contributed by atoms with Gasteiger partial charge in [0, 0.05) is 41.3 Å². The van der Waals surface area contributed by atoms with Crippen molar-refractivity contribution in [3.05, 3.63) is 58.6 Å². The summed E-state index contributed by atoms with van der Waals surface area (Å²) in [6.45, 7) is 2.84. The Labute approximate surface area is 181 Å². The van der Waals surface area contributed by atoms with Crippen molar-refractivity contribution in [2.24, 2.45) is 10.7 Å². The van der Waals surface area contributed by atoms with E-state index in [2.05, 4.69) is 15.3 Å². The van der Waals surface area contributed by atoms with Crippen molar-refractivity contribution in [2.45, 2.75) is 17.2 Å². The standard InChI is InChI=1S/C20H21ClFN5O2S/c1-19(11-30(29)20(18(23)26-19)9-27(2)10-20)14-7-13(4-5-15(14)22)25-17(28)16-6-3-12(21)8-24-16/h3-8H,9-11H2,1-2H3,(H2,23,26)(H,25,28)/t19-,30?/m0/s1. The Hall–Kier alpha value is -2.36. The first-order valence-electron chi connectivity index (χ1n) is 9.29. The van der Waals surface area contributed by atoms with E-state index < -0.39 is 32.8 Å². The summed E-state index contributed by atoms with van der Waals surface area (Å²) in [7, 11) is 0.612. The number of nitrogens with zero attached hydrogens (tertiary/aromatic N) is 3. The minimum atomic E-state index is -1.31. The number of aromatic nitrogens is 1. The second-order valence-electron chi connectivity index (χ2n) is 7.94. The van der Waals surface area contributed by atoms with Gasteiger partial charge in [-0.15, -0.1) is 0 Å². The smallest absolute Gasteiger partial charge is 0.274 e. The number of nitrogens with two attached hydrogens (primary N) is 1. The van der Waals surface area contributed by atoms with Crippen LogP contribution >= 0.6 is 11.6 Å². The number of anilines is 1. The van der Waals surface area contributed by atoms with Gasteiger partial charge in [0.05, 0.1) is 16.3 Å². The maximum absolute atomic E-state index is 14.8. The quantitative estimate of drug-likeness (QED) is 0.747. The highest BCUT2D eigenvalue weighted by Crippen LogP contribution is 2.40. The molecule has 0 radical (unpaired) electrons. The van der Waals surface area contributed by atoms with E-state index >= 15 is 0 Å². The van der Waals surface area contributed by atoms with Crippen molar-refractivity contribution >= 4 is 39.8 Å². The number of halogens is 2. The number of likely N-dealkylation sites (tertiary alicyclic amines) is 1. The molecule has 2 aliphatic heterocycles. The lowest BCUT2D eigenvalue weighted by atomic mass is 9.91. The number of benzene rings is 1. The number of pyridine rings is 1. The number of aliphatic imine (C=N–C) groups is 1. The van der Waals surface area contributed by atoms with Crippen molar-refractivity contribution in [1.29, 1.82) is 0 Å². The van der Waals surface area contributed by atoms with Crippen molar-refractivity contribution in [3.63, 3.8) is 0 Å². The van der Waals surface area contributed by atoms with Gasteiger partial charge in [0.25, 0.3) is 5.91 Å². The second kappa shape index (κ2) is 7.40. The van der Waals surface area contributed by atoms with Gasteiger partial charge in [0.2, 0.25) is 0 Å². The normalized spacial score (nSPS) is 25.5. The summed E-state index contributed by atoms with van der Waals surface area (Å²) in [6, 6.07) is 7.26. The first-order chi connectivity index (χ1) is 14.1. The summed E-state index contributed by atoms with van der Waals surface area (Å²) in [6.07, 6.45) is 1.37. The Kier molecular flexibility index (Phi) is 5.16. The van der Waals surface area contributed by atoms with Crippen LogP contribution in [0, 0.1) is 5.82 Å². The minimum absolute atomic E-state index is 0.147. The lowest BCUT2D eigenvalue weighted by molar-refractivity contribution is 0.102. The van der Waals surface area contributed by atoms with Crippen LogP contribution in [0.2, 0.25) is 5.02 Å². The van der Waals surface area contributed by atoms with Crippen LogP contribution in [0.4, 0.5) is 10.1 Å². The average Bonchev–Trinajstić information content (AvgIpc) is 2.66. The third-order valence-electron chi connectivity index (χ3n) is 5.50. The molecule has 4 rings (SSSR count). The molecule has 158 valence electrons. The minimum Gasteiger partial charge on any atom is -0.386 e. The molecule has 0 saturated carbocycles. The fourth-order valence-electron chi connectivity index (χ4n) is 3.90. The number of hydrogen-bond acceptors (Lipinski definition) is 6. The number of amidine groups is 1. The largest absolute Gasteiger partial charge is 0.386 e. The summed E-state index contributed by atoms with van der Waals surface area (Å²) in [4.78, 5) is 23.0. The molecule has 1 spiro atoms. The Morgan fingerprint density at radius 1 is 1.33 bits per heavy atom. The Balaban J connectivity index is 1.63. The lowest BCUT2D eigenvalue weighted by Gasteiger charge is -2.51. The third kappa shape index (κ3) is 3.51. The summed E-state index contributed by atoms with van der Waals surface area (Å²) >= 11 is 5.80. The van der Waals surface area contributed by atoms with Gasteiger partial charge in [-0.1, -0.05) is 11.6 Å². The fourth-order valence-corrected chi connectivity index (χ4v) is 6.03. The van der Waals surface area contributed by atoms with Crippen LogP contribution in [-0.2, 0) is 16.3 Å². The molecule has 7 nitrogen and oxygen atoms in total. The van der Waals surface area contributed by atoms with Crippen molar-refractivity contribution in [2.75, 3.05) is 31.2 Å². The van der Waals surface area contributed by atoms with E-state index in [4.69, 9.17) is 17.3 Å². The van der Waals surface area contributed by atoms with Gasteiger partial charge < -0.3 is 16.0 Å². The monoisotopic (exact) mass is 449 g/mol. The molecule has 30 heavy (non-hydrogen) atoms. The Morgan fingerprint density at radius 2 is 2.07 bits per heavy atom. The maximum Gasteiger partial charge on any atom is 0.274 e. The Morgan fingerprint density at radius 3 is 2.67 bits per heavy atom. The molecule has 1 saturated heterocycles. The molecule has 0 bridgehead atoms. The number of rotatable bonds is 3. The molecule has 1 amide bonds. The first-order valence-corrected chi connectivity index (χ1v) is 11.0. The van der Waals surface area contributed by atoms with Crippen LogP contribution in [-0.4, -0.2) is 56.5 Å². The number of carbonyl (C=O) groups excluding carboxylic acids is 1. The van der Waals surface area contributed by atoms with Crippen LogP contribution < -0.4 is 11.1 Å². The molecular formula is C20H21ClFN5O2S. The van der Waals surface area contributed by atoms with Crippen LogP contribution in [0.15, 0.2) is 41.5 Å². The SMILES string of the molecule is CN1CC2(C1)C(N)=N[C@](C)(c1cc(NC(=O)c3ccc(Cl)cn3)ccc1F)CS2=O. The van der Waals surface area contributed by atoms with Gasteiger partial charge in [-0.25, -0.2) is 9.37 Å². The molecule has 2 aliphatic rings. The highest BCUT2D eigenvalue weighted by atomic mass is 35.5. The van der Waals surface area contributed by atoms with Gasteiger partial charge in [0.1, 0.15) is 22.1 Å². The molecule has 0 aliphatic carbocycles. The molecule has 3 N–H and O–H groups in total. The van der Waals surface area contributed by atoms with Crippen LogP contribution in [0.5, 0.6) is 0 Å². The van der Waals surface area contributed by atoms with Crippen LogP contribution in [0.1, 0.15) is 23.0 Å². The van der Waals surface area contributed by atoms with E-state index in [1.807, 2.05) is 11.9 Å². The fraction of sp³-hybridized carbons (Fsp3) is 0.350. The van der Waals surface area contributed by atoms with Crippen molar-refractivity contribution < 1.29 is 13.4 Å². The zero-order valence-electron chi connectivity index (χ0n) is 16.5. The van der Waals surface area contributed by atoms with E-state index in [0.717, 1.165) is 0 Å². The zero-order valence-corrected chi connectivity index (χ0v) is 18.1. The molecule has 2 aromatic rings. The van der Waals surface area contributed by atoms with Gasteiger partial charge in [-0.05, 0) is 44.3 Å². The number of hydrogen-bond donors (Lipinski definition) is 2. The van der Waals surface area contributed by atoms with E-state index in [9.17, 15) is 13.4 Å².